The maximum absolute atomic E-state index is 14.7. The van der Waals surface area contributed by atoms with Gasteiger partial charge in [0.2, 0.25) is 5.88 Å². The first-order valence-electron chi connectivity index (χ1n) is 10.3. The molecular formula is C22H23FN6O3. The summed E-state index contributed by atoms with van der Waals surface area (Å²) in [6.07, 6.45) is 2.01. The number of halogens is 1. The molecule has 32 heavy (non-hydrogen) atoms. The van der Waals surface area contributed by atoms with Crippen molar-refractivity contribution >= 4 is 22.8 Å². The molecule has 0 spiro atoms. The first-order chi connectivity index (χ1) is 15.4. The molecule has 0 atom stereocenters. The van der Waals surface area contributed by atoms with Crippen molar-refractivity contribution in [3.05, 3.63) is 41.8 Å². The second-order valence-corrected chi connectivity index (χ2v) is 7.86. The van der Waals surface area contributed by atoms with Crippen LogP contribution in [-0.2, 0) is 11.8 Å². The van der Waals surface area contributed by atoms with Crippen molar-refractivity contribution in [2.75, 3.05) is 13.1 Å². The maximum atomic E-state index is 14.7. The molecule has 4 rings (SSSR count). The normalized spacial score (nSPS) is 14.6. The summed E-state index contributed by atoms with van der Waals surface area (Å²) < 4.78 is 27.6. The van der Waals surface area contributed by atoms with Gasteiger partial charge < -0.3 is 14.4 Å². The molecule has 3 aromatic rings. The Bertz CT molecular complexity index is 1190. The van der Waals surface area contributed by atoms with Crippen molar-refractivity contribution in [3.8, 4) is 17.1 Å². The first kappa shape index (κ1) is 21.5. The number of likely N-dealkylation sites (tertiary alicyclic amines) is 1. The second kappa shape index (κ2) is 8.78. The quantitative estimate of drug-likeness (QED) is 0.570. The lowest BCUT2D eigenvalue weighted by atomic mass is 10.1. The molecule has 0 saturated carbocycles. The molecule has 0 aliphatic carbocycles. The van der Waals surface area contributed by atoms with Gasteiger partial charge in [0.05, 0.1) is 18.4 Å². The number of carbonyl (C=O) groups is 1. The zero-order valence-electron chi connectivity index (χ0n) is 18.1. The number of aromatic nitrogens is 4. The lowest BCUT2D eigenvalue weighted by Gasteiger charge is -2.31. The Morgan fingerprint density at radius 2 is 2.00 bits per heavy atom. The van der Waals surface area contributed by atoms with Crippen LogP contribution in [-0.4, -0.2) is 56.0 Å². The SMILES string of the molecule is [C-]#[N+]c1ccc(-c2c3ncnc(OC4CCN(C(=O)OC(C)C)CC4)c3nn2C)c(F)c1. The molecule has 0 unspecified atom stereocenters. The van der Waals surface area contributed by atoms with Crippen molar-refractivity contribution in [2.45, 2.75) is 38.9 Å². The highest BCUT2D eigenvalue weighted by Gasteiger charge is 2.27. The monoisotopic (exact) mass is 438 g/mol. The number of ether oxygens (including phenoxy) is 2. The Hall–Kier alpha value is -3.74. The van der Waals surface area contributed by atoms with E-state index in [-0.39, 0.29) is 24.0 Å². The predicted octanol–water partition coefficient (Wildman–Crippen LogP) is 4.11. The molecule has 1 aromatic carbocycles. The molecule has 1 amide bonds. The Morgan fingerprint density at radius 3 is 2.66 bits per heavy atom. The van der Waals surface area contributed by atoms with Gasteiger partial charge in [0.1, 0.15) is 23.8 Å². The summed E-state index contributed by atoms with van der Waals surface area (Å²) in [5.41, 5.74) is 1.89. The molecule has 3 heterocycles. The number of rotatable bonds is 4. The summed E-state index contributed by atoms with van der Waals surface area (Å²) in [6.45, 7) is 11.7. The van der Waals surface area contributed by atoms with E-state index >= 15 is 0 Å². The van der Waals surface area contributed by atoms with E-state index in [1.54, 1.807) is 24.1 Å². The highest BCUT2D eigenvalue weighted by Crippen LogP contribution is 2.34. The molecule has 1 aliphatic rings. The Labute approximate surface area is 184 Å². The summed E-state index contributed by atoms with van der Waals surface area (Å²) in [5.74, 6) is -0.205. The van der Waals surface area contributed by atoms with E-state index in [4.69, 9.17) is 16.0 Å². The number of nitrogens with zero attached hydrogens (tertiary/aromatic N) is 6. The molecule has 0 bridgehead atoms. The summed E-state index contributed by atoms with van der Waals surface area (Å²) in [4.78, 5) is 25.6. The van der Waals surface area contributed by atoms with Crippen LogP contribution in [0.15, 0.2) is 24.5 Å². The number of aryl methyl sites for hydroxylation is 1. The lowest BCUT2D eigenvalue weighted by Crippen LogP contribution is -2.42. The third kappa shape index (κ3) is 4.19. The van der Waals surface area contributed by atoms with E-state index in [2.05, 4.69) is 19.9 Å². The molecule has 0 N–H and O–H groups in total. The fourth-order valence-electron chi connectivity index (χ4n) is 3.72. The van der Waals surface area contributed by atoms with E-state index in [0.717, 1.165) is 0 Å². The summed E-state index contributed by atoms with van der Waals surface area (Å²) in [6, 6.07) is 4.30. The number of hydrogen-bond acceptors (Lipinski definition) is 6. The largest absolute Gasteiger partial charge is 0.473 e. The lowest BCUT2D eigenvalue weighted by molar-refractivity contribution is 0.0510. The number of fused-ring (bicyclic) bond motifs is 1. The van der Waals surface area contributed by atoms with Crippen molar-refractivity contribution in [2.24, 2.45) is 7.05 Å². The molecule has 9 nitrogen and oxygen atoms in total. The molecule has 10 heteroatoms. The topological polar surface area (TPSA) is 86.7 Å². The Kier molecular flexibility index (Phi) is 5.90. The number of benzene rings is 1. The van der Waals surface area contributed by atoms with Gasteiger partial charge in [-0.1, -0.05) is 12.1 Å². The van der Waals surface area contributed by atoms with Gasteiger partial charge in [0.15, 0.2) is 11.2 Å². The smallest absolute Gasteiger partial charge is 0.410 e. The average molecular weight is 438 g/mol. The van der Waals surface area contributed by atoms with Gasteiger partial charge in [-0.3, -0.25) is 4.68 Å². The van der Waals surface area contributed by atoms with E-state index in [0.29, 0.717) is 54.1 Å². The maximum Gasteiger partial charge on any atom is 0.410 e. The highest BCUT2D eigenvalue weighted by atomic mass is 19.1. The zero-order valence-corrected chi connectivity index (χ0v) is 18.1. The Morgan fingerprint density at radius 1 is 1.25 bits per heavy atom. The second-order valence-electron chi connectivity index (χ2n) is 7.86. The number of hydrogen-bond donors (Lipinski definition) is 0. The molecular weight excluding hydrogens is 415 g/mol. The van der Waals surface area contributed by atoms with Crippen LogP contribution in [0.2, 0.25) is 0 Å². The minimum Gasteiger partial charge on any atom is -0.473 e. The van der Waals surface area contributed by atoms with Gasteiger partial charge in [-0.25, -0.2) is 19.0 Å². The predicted molar refractivity (Wildman–Crippen MR) is 115 cm³/mol. The fourth-order valence-corrected chi connectivity index (χ4v) is 3.72. The molecule has 2 aromatic heterocycles. The van der Waals surface area contributed by atoms with E-state index in [9.17, 15) is 9.18 Å². The van der Waals surface area contributed by atoms with Crippen LogP contribution in [0.25, 0.3) is 27.1 Å². The van der Waals surface area contributed by atoms with Crippen LogP contribution in [0, 0.1) is 12.4 Å². The molecule has 1 saturated heterocycles. The van der Waals surface area contributed by atoms with Gasteiger partial charge >= 0.3 is 6.09 Å². The van der Waals surface area contributed by atoms with Crippen LogP contribution >= 0.6 is 0 Å². The van der Waals surface area contributed by atoms with Crippen LogP contribution < -0.4 is 4.74 Å². The van der Waals surface area contributed by atoms with Crippen LogP contribution in [0.1, 0.15) is 26.7 Å². The van der Waals surface area contributed by atoms with Gasteiger partial charge in [-0.15, -0.1) is 0 Å². The van der Waals surface area contributed by atoms with E-state index in [1.807, 2.05) is 13.8 Å². The van der Waals surface area contributed by atoms with Crippen LogP contribution in [0.5, 0.6) is 5.88 Å². The fraction of sp³-hybridized carbons (Fsp3) is 0.409. The average Bonchev–Trinajstić information content (AvgIpc) is 3.10. The van der Waals surface area contributed by atoms with Crippen LogP contribution in [0.3, 0.4) is 0 Å². The van der Waals surface area contributed by atoms with Gasteiger partial charge in [-0.2, -0.15) is 10.1 Å². The standard InChI is InChI=1S/C22H23FN6O3/c1-13(2)31-22(30)29-9-7-15(8-10-29)32-21-19-18(25-12-26-21)20(28(4)27-19)16-6-5-14(24-3)11-17(16)23/h5-6,11-13,15H,7-10H2,1-2,4H3. The third-order valence-electron chi connectivity index (χ3n) is 5.24. The zero-order chi connectivity index (χ0) is 22.8. The number of carbonyl (C=O) groups excluding carboxylic acids is 1. The molecule has 1 fully saturated rings. The third-order valence-corrected chi connectivity index (χ3v) is 5.24. The summed E-state index contributed by atoms with van der Waals surface area (Å²) >= 11 is 0. The molecule has 166 valence electrons. The van der Waals surface area contributed by atoms with Crippen molar-refractivity contribution in [3.63, 3.8) is 0 Å². The van der Waals surface area contributed by atoms with E-state index in [1.165, 1.54) is 17.1 Å². The minimum atomic E-state index is -0.523. The van der Waals surface area contributed by atoms with Gasteiger partial charge in [-0.05, 0) is 19.9 Å². The van der Waals surface area contributed by atoms with Crippen LogP contribution in [0.4, 0.5) is 14.9 Å². The van der Waals surface area contributed by atoms with Crippen molar-refractivity contribution < 1.29 is 18.7 Å². The Balaban J connectivity index is 1.55. The number of amides is 1. The highest BCUT2D eigenvalue weighted by molar-refractivity contribution is 5.92. The molecule has 1 aliphatic heterocycles. The number of piperidine rings is 1. The summed E-state index contributed by atoms with van der Waals surface area (Å²) in [7, 11) is 1.70. The van der Waals surface area contributed by atoms with E-state index < -0.39 is 5.82 Å². The van der Waals surface area contributed by atoms with Gasteiger partial charge in [0, 0.05) is 38.5 Å². The van der Waals surface area contributed by atoms with Gasteiger partial charge in [0.25, 0.3) is 0 Å². The minimum absolute atomic E-state index is 0.142. The summed E-state index contributed by atoms with van der Waals surface area (Å²) in [5, 5.41) is 4.47. The van der Waals surface area contributed by atoms with Crippen molar-refractivity contribution in [1.82, 2.24) is 24.6 Å². The first-order valence-corrected chi connectivity index (χ1v) is 10.3. The molecule has 0 radical (unpaired) electrons. The van der Waals surface area contributed by atoms with Crippen molar-refractivity contribution in [1.29, 1.82) is 0 Å².